The average molecular weight is 249 g/mol. The van der Waals surface area contributed by atoms with Crippen LogP contribution in [0.25, 0.3) is 0 Å². The van der Waals surface area contributed by atoms with Crippen molar-refractivity contribution in [1.29, 1.82) is 0 Å². The fourth-order valence-electron chi connectivity index (χ4n) is 2.11. The van der Waals surface area contributed by atoms with E-state index in [2.05, 4.69) is 45.1 Å². The molecule has 1 aliphatic rings. The second kappa shape index (κ2) is 6.11. The van der Waals surface area contributed by atoms with E-state index in [9.17, 15) is 0 Å². The highest BCUT2D eigenvalue weighted by Gasteiger charge is 2.17. The molecule has 0 saturated carbocycles. The van der Waals surface area contributed by atoms with Crippen molar-refractivity contribution < 1.29 is 0 Å². The molecule has 2 heterocycles. The van der Waals surface area contributed by atoms with Crippen molar-refractivity contribution in [2.45, 2.75) is 20.4 Å². The maximum absolute atomic E-state index is 4.65. The van der Waals surface area contributed by atoms with Crippen molar-refractivity contribution in [3.05, 3.63) is 17.5 Å². The van der Waals surface area contributed by atoms with Gasteiger partial charge >= 0.3 is 0 Å². The lowest BCUT2D eigenvalue weighted by Gasteiger charge is -2.32. The summed E-state index contributed by atoms with van der Waals surface area (Å²) in [7, 11) is 2.16. The van der Waals surface area contributed by atoms with Gasteiger partial charge in [0.1, 0.15) is 0 Å². The Bertz CT molecular complexity index is 385. The first-order valence-corrected chi connectivity index (χ1v) is 6.68. The summed E-state index contributed by atoms with van der Waals surface area (Å²) < 4.78 is 0. The molecule has 1 saturated heterocycles. The Morgan fingerprint density at radius 3 is 2.61 bits per heavy atom. The molecule has 18 heavy (non-hydrogen) atoms. The number of rotatable bonds is 4. The number of anilines is 1. The lowest BCUT2D eigenvalue weighted by Crippen LogP contribution is -2.45. The van der Waals surface area contributed by atoms with Crippen LogP contribution in [0, 0.1) is 6.92 Å². The lowest BCUT2D eigenvalue weighted by atomic mass is 10.3. The Labute approximate surface area is 109 Å². The zero-order valence-corrected chi connectivity index (χ0v) is 11.6. The van der Waals surface area contributed by atoms with Crippen molar-refractivity contribution in [3.63, 3.8) is 0 Å². The minimum absolute atomic E-state index is 0.820. The number of hydrogen-bond donors (Lipinski definition) is 1. The first kappa shape index (κ1) is 13.2. The third-order valence-corrected chi connectivity index (χ3v) is 3.24. The molecule has 0 bridgehead atoms. The molecule has 1 fully saturated rings. The molecule has 0 aromatic carbocycles. The first-order chi connectivity index (χ1) is 8.69. The molecule has 0 unspecified atom stereocenters. The van der Waals surface area contributed by atoms with E-state index in [1.807, 2.05) is 6.92 Å². The van der Waals surface area contributed by atoms with Gasteiger partial charge in [0.05, 0.1) is 5.69 Å². The molecule has 5 nitrogen and oxygen atoms in total. The van der Waals surface area contributed by atoms with E-state index in [1.54, 1.807) is 0 Å². The SMILES string of the molecule is CCNCc1cc(C)nc(N2CCN(C)CC2)n1. The molecule has 0 amide bonds. The number of aromatic nitrogens is 2. The second-order valence-corrected chi connectivity index (χ2v) is 4.87. The summed E-state index contributed by atoms with van der Waals surface area (Å²) in [5.41, 5.74) is 2.13. The van der Waals surface area contributed by atoms with Crippen LogP contribution in [0.15, 0.2) is 6.07 Å². The summed E-state index contributed by atoms with van der Waals surface area (Å²) in [5, 5.41) is 3.31. The van der Waals surface area contributed by atoms with E-state index in [0.717, 1.165) is 56.6 Å². The number of aryl methyl sites for hydroxylation is 1. The Balaban J connectivity index is 2.09. The predicted octanol–water partition coefficient (Wildman–Crippen LogP) is 0.646. The molecule has 1 aromatic heterocycles. The van der Waals surface area contributed by atoms with Crippen LogP contribution < -0.4 is 10.2 Å². The van der Waals surface area contributed by atoms with Gasteiger partial charge < -0.3 is 15.1 Å². The van der Waals surface area contributed by atoms with Crippen LogP contribution in [-0.4, -0.2) is 54.6 Å². The number of hydrogen-bond acceptors (Lipinski definition) is 5. The third kappa shape index (κ3) is 3.40. The lowest BCUT2D eigenvalue weighted by molar-refractivity contribution is 0.311. The Kier molecular flexibility index (Phi) is 4.49. The molecule has 5 heteroatoms. The zero-order valence-electron chi connectivity index (χ0n) is 11.6. The molecule has 1 N–H and O–H groups in total. The fraction of sp³-hybridized carbons (Fsp3) is 0.692. The number of likely N-dealkylation sites (N-methyl/N-ethyl adjacent to an activating group) is 1. The molecule has 100 valence electrons. The number of piperazine rings is 1. The van der Waals surface area contributed by atoms with Crippen LogP contribution in [-0.2, 0) is 6.54 Å². The minimum atomic E-state index is 0.820. The summed E-state index contributed by atoms with van der Waals surface area (Å²) >= 11 is 0. The van der Waals surface area contributed by atoms with Crippen molar-refractivity contribution in [2.24, 2.45) is 0 Å². The second-order valence-electron chi connectivity index (χ2n) is 4.87. The van der Waals surface area contributed by atoms with Gasteiger partial charge in [0.15, 0.2) is 0 Å². The molecular weight excluding hydrogens is 226 g/mol. The summed E-state index contributed by atoms with van der Waals surface area (Å²) in [6.07, 6.45) is 0. The van der Waals surface area contributed by atoms with Gasteiger partial charge in [-0.25, -0.2) is 9.97 Å². The van der Waals surface area contributed by atoms with E-state index in [0.29, 0.717) is 0 Å². The van der Waals surface area contributed by atoms with Gasteiger partial charge in [0.25, 0.3) is 0 Å². The van der Waals surface area contributed by atoms with E-state index >= 15 is 0 Å². The zero-order chi connectivity index (χ0) is 13.0. The Morgan fingerprint density at radius 2 is 1.94 bits per heavy atom. The van der Waals surface area contributed by atoms with Crippen molar-refractivity contribution in [1.82, 2.24) is 20.2 Å². The Morgan fingerprint density at radius 1 is 1.22 bits per heavy atom. The minimum Gasteiger partial charge on any atom is -0.338 e. The molecule has 1 aliphatic heterocycles. The van der Waals surface area contributed by atoms with E-state index in [4.69, 9.17) is 0 Å². The van der Waals surface area contributed by atoms with Crippen molar-refractivity contribution >= 4 is 5.95 Å². The predicted molar refractivity (Wildman–Crippen MR) is 73.9 cm³/mol. The third-order valence-electron chi connectivity index (χ3n) is 3.24. The summed E-state index contributed by atoms with van der Waals surface area (Å²) in [4.78, 5) is 13.8. The summed E-state index contributed by atoms with van der Waals surface area (Å²) in [5.74, 6) is 0.885. The molecule has 2 rings (SSSR count). The maximum atomic E-state index is 4.65. The highest BCUT2D eigenvalue weighted by molar-refractivity contribution is 5.33. The maximum Gasteiger partial charge on any atom is 0.225 e. The van der Waals surface area contributed by atoms with Crippen LogP contribution in [0.5, 0.6) is 0 Å². The highest BCUT2D eigenvalue weighted by atomic mass is 15.3. The normalized spacial score (nSPS) is 17.2. The van der Waals surface area contributed by atoms with E-state index in [1.165, 1.54) is 0 Å². The molecule has 0 aliphatic carbocycles. The van der Waals surface area contributed by atoms with Crippen LogP contribution in [0.4, 0.5) is 5.95 Å². The van der Waals surface area contributed by atoms with Crippen molar-refractivity contribution in [3.8, 4) is 0 Å². The van der Waals surface area contributed by atoms with Gasteiger partial charge in [-0.3, -0.25) is 0 Å². The largest absolute Gasteiger partial charge is 0.338 e. The van der Waals surface area contributed by atoms with E-state index < -0.39 is 0 Å². The fourth-order valence-corrected chi connectivity index (χ4v) is 2.11. The van der Waals surface area contributed by atoms with Crippen LogP contribution in [0.2, 0.25) is 0 Å². The van der Waals surface area contributed by atoms with Gasteiger partial charge in [-0.1, -0.05) is 6.92 Å². The van der Waals surface area contributed by atoms with Crippen LogP contribution >= 0.6 is 0 Å². The van der Waals surface area contributed by atoms with E-state index in [-0.39, 0.29) is 0 Å². The van der Waals surface area contributed by atoms with Gasteiger partial charge in [0.2, 0.25) is 5.95 Å². The topological polar surface area (TPSA) is 44.3 Å². The van der Waals surface area contributed by atoms with Gasteiger partial charge in [-0.15, -0.1) is 0 Å². The average Bonchev–Trinajstić information content (AvgIpc) is 2.36. The number of nitrogens with zero attached hydrogens (tertiary/aromatic N) is 4. The molecule has 0 radical (unpaired) electrons. The van der Waals surface area contributed by atoms with Gasteiger partial charge in [0, 0.05) is 38.4 Å². The molecule has 0 spiro atoms. The Hall–Kier alpha value is -1.20. The highest BCUT2D eigenvalue weighted by Crippen LogP contribution is 2.12. The van der Waals surface area contributed by atoms with Gasteiger partial charge in [-0.2, -0.15) is 0 Å². The standard InChI is InChI=1S/C13H23N5/c1-4-14-10-12-9-11(2)15-13(16-12)18-7-5-17(3)6-8-18/h9,14H,4-8,10H2,1-3H3. The first-order valence-electron chi connectivity index (χ1n) is 6.68. The summed E-state index contributed by atoms with van der Waals surface area (Å²) in [6, 6.07) is 2.06. The summed E-state index contributed by atoms with van der Waals surface area (Å²) in [6.45, 7) is 10.1. The molecule has 1 aromatic rings. The van der Waals surface area contributed by atoms with Gasteiger partial charge in [-0.05, 0) is 26.6 Å². The quantitative estimate of drug-likeness (QED) is 0.848. The van der Waals surface area contributed by atoms with Crippen LogP contribution in [0.3, 0.4) is 0 Å². The molecular formula is C13H23N5. The van der Waals surface area contributed by atoms with Crippen molar-refractivity contribution in [2.75, 3.05) is 44.7 Å². The smallest absolute Gasteiger partial charge is 0.225 e. The molecule has 0 atom stereocenters. The monoisotopic (exact) mass is 249 g/mol. The number of nitrogens with one attached hydrogen (secondary N) is 1. The van der Waals surface area contributed by atoms with Crippen LogP contribution in [0.1, 0.15) is 18.3 Å².